The van der Waals surface area contributed by atoms with Gasteiger partial charge in [0.15, 0.2) is 0 Å². The quantitative estimate of drug-likeness (QED) is 0.717. The molecule has 0 bridgehead atoms. The third-order valence-electron chi connectivity index (χ3n) is 6.00. The molecule has 164 valence electrons. The summed E-state index contributed by atoms with van der Waals surface area (Å²) in [5.74, 6) is -1.09. The van der Waals surface area contributed by atoms with Crippen molar-refractivity contribution >= 4 is 23.4 Å². The van der Waals surface area contributed by atoms with E-state index in [1.54, 1.807) is 0 Å². The summed E-state index contributed by atoms with van der Waals surface area (Å²) in [6.45, 7) is 9.71. The summed E-state index contributed by atoms with van der Waals surface area (Å²) < 4.78 is 0. The minimum Gasteiger partial charge on any atom is -0.480 e. The van der Waals surface area contributed by atoms with Crippen molar-refractivity contribution in [3.63, 3.8) is 0 Å². The summed E-state index contributed by atoms with van der Waals surface area (Å²) >= 11 is 0. The lowest BCUT2D eigenvalue weighted by Crippen LogP contribution is -2.41. The number of nitrogens with zero attached hydrogens (tertiary/aromatic N) is 1. The van der Waals surface area contributed by atoms with Gasteiger partial charge in [-0.25, -0.2) is 0 Å². The highest BCUT2D eigenvalue weighted by Crippen LogP contribution is 2.36. The van der Waals surface area contributed by atoms with E-state index in [9.17, 15) is 14.4 Å². The van der Waals surface area contributed by atoms with Gasteiger partial charge in [0.05, 0.1) is 12.5 Å². The fraction of sp³-hybridized carbons (Fsp3) is 0.542. The standard InChI is InChI=1S/C22H28N2O4.C2H6/c1-3-16(19-7-8-20(25)23-22(19)28)18-6-4-5-17(14(18)2)15-9-11-24(12-10-15)13-21(26)27;1-2/h3-6,15,19H,7-13H2,1-2H3,(H,26,27)(H,23,25,28);1-2H3/b16-3+;. The van der Waals surface area contributed by atoms with E-state index in [2.05, 4.69) is 24.4 Å². The third kappa shape index (κ3) is 5.57. The van der Waals surface area contributed by atoms with Crippen molar-refractivity contribution in [1.29, 1.82) is 0 Å². The predicted octanol–water partition coefficient (Wildman–Crippen LogP) is 3.74. The summed E-state index contributed by atoms with van der Waals surface area (Å²) in [7, 11) is 0. The molecule has 1 aromatic rings. The zero-order valence-corrected chi connectivity index (χ0v) is 18.5. The third-order valence-corrected chi connectivity index (χ3v) is 6.00. The summed E-state index contributed by atoms with van der Waals surface area (Å²) in [5.41, 5.74) is 4.51. The number of carbonyl (C=O) groups is 3. The second-order valence-corrected chi connectivity index (χ2v) is 7.71. The van der Waals surface area contributed by atoms with Gasteiger partial charge in [-0.2, -0.15) is 0 Å². The predicted molar refractivity (Wildman–Crippen MR) is 118 cm³/mol. The normalized spacial score (nSPS) is 20.9. The van der Waals surface area contributed by atoms with Crippen molar-refractivity contribution in [3.05, 3.63) is 41.0 Å². The maximum atomic E-state index is 12.4. The lowest BCUT2D eigenvalue weighted by molar-refractivity contribution is -0.139. The van der Waals surface area contributed by atoms with Crippen molar-refractivity contribution in [2.75, 3.05) is 19.6 Å². The minimum absolute atomic E-state index is 0.101. The molecule has 2 fully saturated rings. The molecule has 2 amide bonds. The average Bonchev–Trinajstić information content (AvgIpc) is 2.73. The van der Waals surface area contributed by atoms with Gasteiger partial charge >= 0.3 is 5.97 Å². The second kappa shape index (κ2) is 11.1. The highest BCUT2D eigenvalue weighted by Gasteiger charge is 2.31. The molecule has 2 saturated heterocycles. The summed E-state index contributed by atoms with van der Waals surface area (Å²) in [5, 5.41) is 11.4. The molecule has 0 aromatic heterocycles. The van der Waals surface area contributed by atoms with Crippen LogP contribution in [0.4, 0.5) is 0 Å². The van der Waals surface area contributed by atoms with Crippen LogP contribution in [-0.4, -0.2) is 47.4 Å². The molecular formula is C24H34N2O4. The van der Waals surface area contributed by atoms with Crippen molar-refractivity contribution in [2.24, 2.45) is 5.92 Å². The van der Waals surface area contributed by atoms with Crippen molar-refractivity contribution in [2.45, 2.75) is 59.3 Å². The van der Waals surface area contributed by atoms with Gasteiger partial charge < -0.3 is 5.11 Å². The van der Waals surface area contributed by atoms with E-state index < -0.39 is 5.97 Å². The number of carbonyl (C=O) groups excluding carboxylic acids is 2. The molecule has 2 N–H and O–H groups in total. The first-order valence-corrected chi connectivity index (χ1v) is 10.9. The Labute approximate surface area is 179 Å². The molecule has 6 heteroatoms. The molecule has 2 aliphatic heterocycles. The van der Waals surface area contributed by atoms with Gasteiger partial charge in [0.25, 0.3) is 0 Å². The molecule has 2 heterocycles. The van der Waals surface area contributed by atoms with Gasteiger partial charge in [-0.1, -0.05) is 38.1 Å². The molecule has 30 heavy (non-hydrogen) atoms. The molecule has 0 aliphatic carbocycles. The Morgan fingerprint density at radius 2 is 1.87 bits per heavy atom. The molecule has 1 unspecified atom stereocenters. The van der Waals surface area contributed by atoms with E-state index in [1.807, 2.05) is 37.8 Å². The number of rotatable bonds is 5. The highest BCUT2D eigenvalue weighted by molar-refractivity contribution is 6.04. The number of amides is 2. The minimum atomic E-state index is -0.779. The van der Waals surface area contributed by atoms with Gasteiger partial charge in [-0.15, -0.1) is 0 Å². The van der Waals surface area contributed by atoms with Crippen molar-refractivity contribution < 1.29 is 19.5 Å². The number of carboxylic acids is 1. The lowest BCUT2D eigenvalue weighted by atomic mass is 9.80. The Morgan fingerprint density at radius 1 is 1.20 bits per heavy atom. The number of benzene rings is 1. The zero-order valence-electron chi connectivity index (χ0n) is 18.5. The second-order valence-electron chi connectivity index (χ2n) is 7.71. The number of allylic oxidation sites excluding steroid dienone is 1. The van der Waals surface area contributed by atoms with Crippen LogP contribution in [0.1, 0.15) is 69.1 Å². The first-order valence-electron chi connectivity index (χ1n) is 10.9. The maximum absolute atomic E-state index is 12.4. The Hall–Kier alpha value is -2.47. The van der Waals surface area contributed by atoms with Gasteiger partial charge in [0, 0.05) is 6.42 Å². The molecule has 6 nitrogen and oxygen atoms in total. The molecule has 0 radical (unpaired) electrons. The Kier molecular flexibility index (Phi) is 8.78. The number of aliphatic carboxylic acids is 1. The van der Waals surface area contributed by atoms with Crippen LogP contribution in [0, 0.1) is 12.8 Å². The fourth-order valence-corrected chi connectivity index (χ4v) is 4.54. The summed E-state index contributed by atoms with van der Waals surface area (Å²) in [6, 6.07) is 6.24. The van der Waals surface area contributed by atoms with Gasteiger partial charge in [0.2, 0.25) is 11.8 Å². The topological polar surface area (TPSA) is 86.7 Å². The van der Waals surface area contributed by atoms with Gasteiger partial charge in [0.1, 0.15) is 0 Å². The van der Waals surface area contributed by atoms with E-state index in [1.165, 1.54) is 11.1 Å². The number of hydrogen-bond donors (Lipinski definition) is 2. The molecule has 3 rings (SSSR count). The Morgan fingerprint density at radius 3 is 2.43 bits per heavy atom. The van der Waals surface area contributed by atoms with Crippen LogP contribution >= 0.6 is 0 Å². The number of nitrogens with one attached hydrogen (secondary N) is 1. The molecule has 1 aromatic carbocycles. The van der Waals surface area contributed by atoms with E-state index in [4.69, 9.17) is 5.11 Å². The van der Waals surface area contributed by atoms with Crippen molar-refractivity contribution in [3.8, 4) is 0 Å². The molecular weight excluding hydrogens is 380 g/mol. The van der Waals surface area contributed by atoms with Crippen LogP contribution in [-0.2, 0) is 14.4 Å². The monoisotopic (exact) mass is 414 g/mol. The number of likely N-dealkylation sites (tertiary alicyclic amines) is 1. The van der Waals surface area contributed by atoms with Crippen LogP contribution in [0.2, 0.25) is 0 Å². The summed E-state index contributed by atoms with van der Waals surface area (Å²) in [4.78, 5) is 36.8. The molecule has 2 aliphatic rings. The van der Waals surface area contributed by atoms with E-state index in [0.717, 1.165) is 37.1 Å². The molecule has 1 atom stereocenters. The first kappa shape index (κ1) is 23.8. The highest BCUT2D eigenvalue weighted by atomic mass is 16.4. The van der Waals surface area contributed by atoms with E-state index in [-0.39, 0.29) is 24.3 Å². The number of hydrogen-bond acceptors (Lipinski definition) is 4. The van der Waals surface area contributed by atoms with Crippen LogP contribution in [0.25, 0.3) is 5.57 Å². The lowest BCUT2D eigenvalue weighted by Gasteiger charge is -2.32. The van der Waals surface area contributed by atoms with Gasteiger partial charge in [-0.3, -0.25) is 24.6 Å². The zero-order chi connectivity index (χ0) is 22.3. The Balaban J connectivity index is 0.00000155. The van der Waals surface area contributed by atoms with Crippen LogP contribution in [0.3, 0.4) is 0 Å². The maximum Gasteiger partial charge on any atom is 0.317 e. The smallest absolute Gasteiger partial charge is 0.317 e. The fourth-order valence-electron chi connectivity index (χ4n) is 4.54. The van der Waals surface area contributed by atoms with Crippen molar-refractivity contribution in [1.82, 2.24) is 10.2 Å². The van der Waals surface area contributed by atoms with E-state index >= 15 is 0 Å². The average molecular weight is 415 g/mol. The van der Waals surface area contributed by atoms with Crippen LogP contribution in [0.5, 0.6) is 0 Å². The molecule has 0 spiro atoms. The largest absolute Gasteiger partial charge is 0.480 e. The number of imide groups is 1. The van der Waals surface area contributed by atoms with Crippen LogP contribution < -0.4 is 5.32 Å². The molecule has 0 saturated carbocycles. The summed E-state index contributed by atoms with van der Waals surface area (Å²) in [6.07, 6.45) is 4.76. The van der Waals surface area contributed by atoms with E-state index in [0.29, 0.717) is 18.8 Å². The van der Waals surface area contributed by atoms with Gasteiger partial charge in [-0.05, 0) is 74.4 Å². The number of piperidine rings is 2. The Bertz CT molecular complexity index is 807. The van der Waals surface area contributed by atoms with Crippen LogP contribution in [0.15, 0.2) is 24.3 Å². The first-order chi connectivity index (χ1) is 14.4. The SMILES string of the molecule is C/C=C(\c1cccc(C2CCN(CC(=O)O)CC2)c1C)C1CCC(=O)NC1=O.CC. The number of carboxylic acid groups (broad SMARTS) is 1.